The molecule has 0 aliphatic heterocycles. The van der Waals surface area contributed by atoms with Gasteiger partial charge in [-0.15, -0.1) is 0 Å². The molecule has 0 saturated heterocycles. The van der Waals surface area contributed by atoms with E-state index in [1.807, 2.05) is 0 Å². The van der Waals surface area contributed by atoms with Crippen molar-refractivity contribution in [2.75, 3.05) is 13.2 Å². The molecule has 0 heterocycles. The molecule has 6 heteroatoms. The Kier molecular flexibility index (Phi) is 52.4. The van der Waals surface area contributed by atoms with E-state index in [0.717, 1.165) is 128 Å². The molecule has 0 N–H and O–H groups in total. The molecule has 1 unspecified atom stereocenters. The van der Waals surface area contributed by atoms with Gasteiger partial charge in [0.05, 0.1) is 0 Å². The third kappa shape index (κ3) is 53.4. The molecular formula is C61H104O6. The van der Waals surface area contributed by atoms with Crippen LogP contribution in [0.3, 0.4) is 0 Å². The summed E-state index contributed by atoms with van der Waals surface area (Å²) >= 11 is 0. The molecule has 0 spiro atoms. The Bertz CT molecular complexity index is 1300. The van der Waals surface area contributed by atoms with E-state index in [2.05, 4.69) is 106 Å². The number of ether oxygens (including phenoxy) is 3. The molecular weight excluding hydrogens is 829 g/mol. The first-order valence-corrected chi connectivity index (χ1v) is 28.1. The minimum absolute atomic E-state index is 0.0932. The second-order valence-corrected chi connectivity index (χ2v) is 18.4. The third-order valence-electron chi connectivity index (χ3n) is 11.9. The molecule has 384 valence electrons. The molecule has 0 aliphatic rings. The summed E-state index contributed by atoms with van der Waals surface area (Å²) in [5.41, 5.74) is 0. The van der Waals surface area contributed by atoms with Crippen LogP contribution in [0.5, 0.6) is 0 Å². The van der Waals surface area contributed by atoms with Gasteiger partial charge in [-0.3, -0.25) is 14.4 Å². The van der Waals surface area contributed by atoms with Gasteiger partial charge in [-0.1, -0.05) is 241 Å². The molecule has 0 aromatic rings. The van der Waals surface area contributed by atoms with Crippen molar-refractivity contribution in [1.29, 1.82) is 0 Å². The van der Waals surface area contributed by atoms with Crippen LogP contribution in [0.2, 0.25) is 0 Å². The Balaban J connectivity index is 4.41. The fraction of sp³-hybridized carbons (Fsp3) is 0.721. The third-order valence-corrected chi connectivity index (χ3v) is 11.9. The van der Waals surface area contributed by atoms with Crippen LogP contribution in [0.1, 0.15) is 265 Å². The van der Waals surface area contributed by atoms with Crippen LogP contribution in [0, 0.1) is 0 Å². The summed E-state index contributed by atoms with van der Waals surface area (Å²) in [6, 6.07) is 0. The van der Waals surface area contributed by atoms with Crippen molar-refractivity contribution in [2.24, 2.45) is 0 Å². The SMILES string of the molecule is CC/C=C\C/C=C\C/C=C\C/C=C\C/C=C\CCCCCC(=O)OCC(COC(=O)CCCCCCC/C=C\C/C=C\CC)OC(=O)CCCCCCCCCCCCCCCCCCCC. The second kappa shape index (κ2) is 55.2. The van der Waals surface area contributed by atoms with Crippen molar-refractivity contribution in [3.63, 3.8) is 0 Å². The number of allylic oxidation sites excluding steroid dienone is 14. The predicted octanol–water partition coefficient (Wildman–Crippen LogP) is 18.8. The lowest BCUT2D eigenvalue weighted by atomic mass is 10.0. The first kappa shape index (κ1) is 63.6. The molecule has 0 radical (unpaired) electrons. The molecule has 0 amide bonds. The predicted molar refractivity (Wildman–Crippen MR) is 288 cm³/mol. The monoisotopic (exact) mass is 933 g/mol. The highest BCUT2D eigenvalue weighted by Crippen LogP contribution is 2.16. The maximum absolute atomic E-state index is 12.8. The Morgan fingerprint density at radius 2 is 0.582 bits per heavy atom. The number of unbranched alkanes of at least 4 members (excludes halogenated alkanes) is 25. The van der Waals surface area contributed by atoms with Crippen LogP contribution in [0.25, 0.3) is 0 Å². The Morgan fingerprint density at radius 3 is 0.925 bits per heavy atom. The normalized spacial score (nSPS) is 12.7. The molecule has 0 aromatic carbocycles. The van der Waals surface area contributed by atoms with E-state index in [9.17, 15) is 14.4 Å². The van der Waals surface area contributed by atoms with Gasteiger partial charge in [-0.25, -0.2) is 0 Å². The van der Waals surface area contributed by atoms with Gasteiger partial charge < -0.3 is 14.2 Å². The largest absolute Gasteiger partial charge is 0.462 e. The fourth-order valence-electron chi connectivity index (χ4n) is 7.74. The van der Waals surface area contributed by atoms with Crippen LogP contribution >= 0.6 is 0 Å². The molecule has 1 atom stereocenters. The van der Waals surface area contributed by atoms with Crippen molar-refractivity contribution in [1.82, 2.24) is 0 Å². The number of hydrogen-bond donors (Lipinski definition) is 0. The highest BCUT2D eigenvalue weighted by Gasteiger charge is 2.19. The van der Waals surface area contributed by atoms with Gasteiger partial charge in [0, 0.05) is 19.3 Å². The quantitative estimate of drug-likeness (QED) is 0.0262. The smallest absolute Gasteiger partial charge is 0.306 e. The number of esters is 3. The highest BCUT2D eigenvalue weighted by atomic mass is 16.6. The lowest BCUT2D eigenvalue weighted by Crippen LogP contribution is -2.30. The van der Waals surface area contributed by atoms with E-state index in [4.69, 9.17) is 14.2 Å². The van der Waals surface area contributed by atoms with Crippen LogP contribution in [0.15, 0.2) is 85.1 Å². The summed E-state index contributed by atoms with van der Waals surface area (Å²) in [6.07, 6.45) is 71.5. The Morgan fingerprint density at radius 1 is 0.313 bits per heavy atom. The van der Waals surface area contributed by atoms with Crippen molar-refractivity contribution in [2.45, 2.75) is 271 Å². The Hall–Kier alpha value is -3.41. The van der Waals surface area contributed by atoms with Gasteiger partial charge >= 0.3 is 17.9 Å². The lowest BCUT2D eigenvalue weighted by molar-refractivity contribution is -0.167. The number of rotatable bonds is 50. The molecule has 0 aliphatic carbocycles. The first-order valence-electron chi connectivity index (χ1n) is 28.1. The summed E-state index contributed by atoms with van der Waals surface area (Å²) in [6.45, 7) is 6.39. The van der Waals surface area contributed by atoms with Crippen molar-refractivity contribution < 1.29 is 28.6 Å². The zero-order valence-corrected chi connectivity index (χ0v) is 43.9. The summed E-state index contributed by atoms with van der Waals surface area (Å²) < 4.78 is 16.8. The van der Waals surface area contributed by atoms with Gasteiger partial charge in [-0.05, 0) is 89.9 Å². The van der Waals surface area contributed by atoms with Crippen LogP contribution in [0.4, 0.5) is 0 Å². The van der Waals surface area contributed by atoms with Gasteiger partial charge in [0.25, 0.3) is 0 Å². The fourth-order valence-corrected chi connectivity index (χ4v) is 7.74. The molecule has 0 aromatic heterocycles. The topological polar surface area (TPSA) is 78.9 Å². The molecule has 0 fully saturated rings. The summed E-state index contributed by atoms with van der Waals surface area (Å²) in [4.78, 5) is 38.1. The van der Waals surface area contributed by atoms with E-state index in [1.165, 1.54) is 96.3 Å². The number of carbonyl (C=O) groups is 3. The van der Waals surface area contributed by atoms with E-state index in [0.29, 0.717) is 19.3 Å². The number of carbonyl (C=O) groups excluding carboxylic acids is 3. The van der Waals surface area contributed by atoms with Gasteiger partial charge in [0.15, 0.2) is 6.10 Å². The summed E-state index contributed by atoms with van der Waals surface area (Å²) in [5.74, 6) is -0.933. The average molecular weight is 933 g/mol. The van der Waals surface area contributed by atoms with Crippen molar-refractivity contribution in [3.05, 3.63) is 85.1 Å². The second-order valence-electron chi connectivity index (χ2n) is 18.4. The molecule has 0 bridgehead atoms. The lowest BCUT2D eigenvalue weighted by Gasteiger charge is -2.18. The minimum atomic E-state index is -0.795. The standard InChI is InChI=1S/C61H104O6/c1-4-7-10-13-16-19-22-25-27-29-31-33-34-36-39-42-45-48-51-54-60(63)66-57-58(56-65-59(62)53-50-47-44-41-38-24-21-18-15-12-9-6-3)67-61(64)55-52-49-46-43-40-37-35-32-30-28-26-23-20-17-14-11-8-5-2/h7,9-10,12,16,18-19,21,25,27,31,33,36,39,58H,4-6,8,11,13-15,17,20,22-24,26,28-30,32,34-35,37-38,40-57H2,1-3H3/b10-7-,12-9-,19-16-,21-18-,27-25-,33-31-,39-36-. The molecule has 67 heavy (non-hydrogen) atoms. The first-order chi connectivity index (χ1) is 33.0. The van der Waals surface area contributed by atoms with Crippen molar-refractivity contribution >= 4 is 17.9 Å². The maximum Gasteiger partial charge on any atom is 0.306 e. The van der Waals surface area contributed by atoms with Crippen LogP contribution in [-0.4, -0.2) is 37.2 Å². The molecule has 0 saturated carbocycles. The summed E-state index contributed by atoms with van der Waals surface area (Å²) in [5, 5.41) is 0. The van der Waals surface area contributed by atoms with Crippen LogP contribution < -0.4 is 0 Å². The molecule has 0 rings (SSSR count). The zero-order valence-electron chi connectivity index (χ0n) is 43.9. The minimum Gasteiger partial charge on any atom is -0.462 e. The zero-order chi connectivity index (χ0) is 48.6. The van der Waals surface area contributed by atoms with Gasteiger partial charge in [0.2, 0.25) is 0 Å². The number of hydrogen-bond acceptors (Lipinski definition) is 6. The van der Waals surface area contributed by atoms with Gasteiger partial charge in [0.1, 0.15) is 13.2 Å². The maximum atomic E-state index is 12.8. The molecule has 6 nitrogen and oxygen atoms in total. The van der Waals surface area contributed by atoms with Crippen LogP contribution in [-0.2, 0) is 28.6 Å². The highest BCUT2D eigenvalue weighted by molar-refractivity contribution is 5.71. The summed E-state index contributed by atoms with van der Waals surface area (Å²) in [7, 11) is 0. The Labute approximate surface area is 414 Å². The van der Waals surface area contributed by atoms with E-state index in [1.54, 1.807) is 0 Å². The average Bonchev–Trinajstić information content (AvgIpc) is 3.33. The van der Waals surface area contributed by atoms with E-state index in [-0.39, 0.29) is 31.1 Å². The van der Waals surface area contributed by atoms with E-state index < -0.39 is 6.10 Å². The van der Waals surface area contributed by atoms with Gasteiger partial charge in [-0.2, -0.15) is 0 Å². The van der Waals surface area contributed by atoms with E-state index >= 15 is 0 Å². The van der Waals surface area contributed by atoms with Crippen molar-refractivity contribution in [3.8, 4) is 0 Å².